The van der Waals surface area contributed by atoms with Crippen LogP contribution in [0.2, 0.25) is 0 Å². The highest BCUT2D eigenvalue weighted by Gasteiger charge is 2.35. The second-order valence-electron chi connectivity index (χ2n) is 32.8. The van der Waals surface area contributed by atoms with Crippen LogP contribution in [0.4, 0.5) is 40.8 Å². The Morgan fingerprint density at radius 3 is 1.18 bits per heavy atom. The van der Waals surface area contributed by atoms with E-state index in [0.29, 0.717) is 75.5 Å². The average Bonchev–Trinajstić information content (AvgIpc) is 1.66. The number of carbonyl (C=O) groups is 1. The van der Waals surface area contributed by atoms with Gasteiger partial charge in [0.2, 0.25) is 0 Å². The van der Waals surface area contributed by atoms with Gasteiger partial charge < -0.3 is 15.2 Å². The van der Waals surface area contributed by atoms with E-state index in [0.717, 1.165) is 74.1 Å². The second-order valence-corrected chi connectivity index (χ2v) is 39.5. The standard InChI is InChI=1S/C24H24N4O3S.C23H22F2N4O3S.C23H22F2N4O2S.C23H23N5O3S/c1-16-14-23(28(26-16)21-8-4-7-20-19(21)6-5-13-25-20)27-32(29,30)18-9-10-22-17(15-18)11-12-24(2,3)31-22;1-15(2)32-16-9-11-17(12-10-16)33(30,31)28-22-14-21(23(3,24)25)27-29(22)20-8-4-7-19-18(20)6-5-13-26-19;1-15(2)16-9-11-17(12-10-16)32(30,31)28-22-14-21(23(3,24)25)27-29(22)20-8-4-7-19-18(20)6-5-13-26-19;1-23(2,3)15-9-11-16(12-10-15)32(30,31)27-21-14-19(22(24)29)26-28(21)20-8-4-7-18-17(20)6-5-13-25-18/h4-10,13-15,27H,11-12H2,1-3H3;4-15,28H,1-3H3;4-15,28H,1-3H3;4-14,27H,1-3H3,(H2,24,29). The summed E-state index contributed by atoms with van der Waals surface area (Å²) in [6.45, 7) is 21.2. The minimum atomic E-state index is -4.10. The van der Waals surface area contributed by atoms with Crippen molar-refractivity contribution in [3.63, 3.8) is 0 Å². The predicted molar refractivity (Wildman–Crippen MR) is 488 cm³/mol. The molecule has 9 heterocycles. The van der Waals surface area contributed by atoms with Crippen LogP contribution >= 0.6 is 0 Å². The molecular formula is C93H91F4N17O11S4. The molecule has 0 saturated heterocycles. The lowest BCUT2D eigenvalue weighted by atomic mass is 9.87. The third-order valence-corrected chi connectivity index (χ3v) is 26.1. The third kappa shape index (κ3) is 20.8. The fourth-order valence-electron chi connectivity index (χ4n) is 14.0. The maximum Gasteiger partial charge on any atom is 0.288 e. The zero-order chi connectivity index (χ0) is 92.5. The number of nitrogens with two attached hydrogens (primary N) is 1. The Labute approximate surface area is 742 Å². The molecule has 0 saturated carbocycles. The SMILES string of the molecule is CC(C)(C)c1ccc(S(=O)(=O)Nc2cc(C(N)=O)nn2-c2cccc3ncccc23)cc1.CC(C)Oc1ccc(S(=O)(=O)Nc2cc(C(C)(F)F)nn2-c2cccc3ncccc23)cc1.CC(C)c1ccc(S(=O)(=O)Nc2cc(C(C)(F)F)nn2-c2cccc3ncccc23)cc1.Cc1cc(NS(=O)(=O)c2ccc3c(c2)CCC(C)(C)O3)n(-c2cccc3ncccc23)n1. The number of nitrogens with zero attached hydrogens (tertiary/aromatic N) is 12. The van der Waals surface area contributed by atoms with Gasteiger partial charge in [-0.25, -0.2) is 52.4 Å². The van der Waals surface area contributed by atoms with Gasteiger partial charge in [-0.05, 0) is 239 Å². The van der Waals surface area contributed by atoms with E-state index < -0.39 is 69.2 Å². The lowest BCUT2D eigenvalue weighted by Crippen LogP contribution is -2.32. The molecule has 6 N–H and O–H groups in total. The van der Waals surface area contributed by atoms with E-state index in [1.54, 1.807) is 169 Å². The lowest BCUT2D eigenvalue weighted by Gasteiger charge is -2.32. The first-order valence-corrected chi connectivity index (χ1v) is 46.5. The summed E-state index contributed by atoms with van der Waals surface area (Å²) in [6, 6.07) is 64.8. The predicted octanol–water partition coefficient (Wildman–Crippen LogP) is 18.8. The first-order chi connectivity index (χ1) is 60.9. The maximum atomic E-state index is 14.1. The minimum absolute atomic E-state index is 0.0269. The number of rotatable bonds is 22. The number of sulfonamides is 4. The molecule has 0 unspecified atom stereocenters. The van der Waals surface area contributed by atoms with Crippen molar-refractivity contribution in [2.75, 3.05) is 18.9 Å². The number of aromatic nitrogens is 12. The van der Waals surface area contributed by atoms with Crippen molar-refractivity contribution < 1.29 is 65.5 Å². The maximum absolute atomic E-state index is 14.1. The molecule has 0 spiro atoms. The summed E-state index contributed by atoms with van der Waals surface area (Å²) in [5.74, 6) is -5.54. The highest BCUT2D eigenvalue weighted by Crippen LogP contribution is 2.39. The number of ether oxygens (including phenoxy) is 2. The number of amides is 1. The number of hydrogen-bond donors (Lipinski definition) is 5. The van der Waals surface area contributed by atoms with E-state index >= 15 is 0 Å². The number of anilines is 4. The van der Waals surface area contributed by atoms with E-state index in [-0.39, 0.29) is 65.8 Å². The zero-order valence-corrected chi connectivity index (χ0v) is 75.2. The van der Waals surface area contributed by atoms with E-state index in [9.17, 15) is 56.0 Å². The number of halogens is 4. The van der Waals surface area contributed by atoms with Crippen LogP contribution in [0.25, 0.3) is 66.4 Å². The normalized spacial score (nSPS) is 13.0. The van der Waals surface area contributed by atoms with E-state index in [1.165, 1.54) is 51.8 Å². The molecule has 17 rings (SSSR count). The summed E-state index contributed by atoms with van der Waals surface area (Å²) in [5, 5.41) is 19.7. The quantitative estimate of drug-likeness (QED) is 0.0393. The van der Waals surface area contributed by atoms with Crippen molar-refractivity contribution >= 4 is 113 Å². The summed E-state index contributed by atoms with van der Waals surface area (Å²) in [7, 11) is -15.9. The summed E-state index contributed by atoms with van der Waals surface area (Å²) in [4.78, 5) is 29.3. The van der Waals surface area contributed by atoms with Gasteiger partial charge in [-0.15, -0.1) is 0 Å². The van der Waals surface area contributed by atoms with Crippen molar-refractivity contribution in [1.29, 1.82) is 0 Å². The molecule has 0 bridgehead atoms. The van der Waals surface area contributed by atoms with Crippen LogP contribution in [0, 0.1) is 6.92 Å². The van der Waals surface area contributed by atoms with Crippen LogP contribution in [0.1, 0.15) is 133 Å². The Morgan fingerprint density at radius 2 is 0.798 bits per heavy atom. The van der Waals surface area contributed by atoms with Crippen LogP contribution < -0.4 is 34.1 Å². The molecule has 8 aromatic heterocycles. The Morgan fingerprint density at radius 1 is 0.442 bits per heavy atom. The first-order valence-electron chi connectivity index (χ1n) is 40.6. The van der Waals surface area contributed by atoms with Crippen LogP contribution in [0.5, 0.6) is 11.5 Å². The number of aryl methyl sites for hydroxylation is 2. The fourth-order valence-corrected chi connectivity index (χ4v) is 18.2. The molecular weight excluding hydrogens is 1740 g/mol. The number of primary amides is 1. The molecule has 1 aliphatic rings. The number of hydrogen-bond acceptors (Lipinski definition) is 19. The topological polar surface area (TPSA) is 369 Å². The van der Waals surface area contributed by atoms with Crippen molar-refractivity contribution in [1.82, 2.24) is 59.1 Å². The van der Waals surface area contributed by atoms with E-state index in [2.05, 4.69) is 80.0 Å². The molecule has 0 atom stereocenters. The summed E-state index contributed by atoms with van der Waals surface area (Å²) >= 11 is 0. The number of carbonyl (C=O) groups excluding carboxylic acids is 1. The van der Waals surface area contributed by atoms with Gasteiger partial charge in [0.25, 0.3) is 57.8 Å². The van der Waals surface area contributed by atoms with Gasteiger partial charge in [-0.2, -0.15) is 38.0 Å². The Bertz CT molecular complexity index is 7360. The van der Waals surface area contributed by atoms with Gasteiger partial charge in [0.05, 0.1) is 76.2 Å². The van der Waals surface area contributed by atoms with Gasteiger partial charge in [-0.1, -0.05) is 83.1 Å². The number of fused-ring (bicyclic) bond motifs is 5. The van der Waals surface area contributed by atoms with Crippen molar-refractivity contribution in [2.45, 2.75) is 150 Å². The Balaban J connectivity index is 0.000000139. The Kier molecular flexibility index (Phi) is 25.5. The highest BCUT2D eigenvalue weighted by molar-refractivity contribution is 7.93. The van der Waals surface area contributed by atoms with Crippen molar-refractivity contribution in [3.8, 4) is 34.2 Å². The first kappa shape index (κ1) is 91.2. The molecule has 8 aromatic carbocycles. The van der Waals surface area contributed by atoms with Crippen LogP contribution in [0.3, 0.4) is 0 Å². The van der Waals surface area contributed by atoms with Crippen molar-refractivity contribution in [3.05, 3.63) is 301 Å². The van der Waals surface area contributed by atoms with Gasteiger partial charge in [0.15, 0.2) is 5.69 Å². The largest absolute Gasteiger partial charge is 0.491 e. The highest BCUT2D eigenvalue weighted by atomic mass is 32.2. The fraction of sp³-hybridized carbons (Fsp3) is 0.215. The van der Waals surface area contributed by atoms with Crippen LogP contribution in [-0.2, 0) is 63.8 Å². The molecule has 0 fully saturated rings. The molecule has 666 valence electrons. The molecule has 0 aliphatic carbocycles. The number of alkyl halides is 4. The molecule has 1 amide bonds. The second kappa shape index (κ2) is 36.0. The van der Waals surface area contributed by atoms with Gasteiger partial charge in [-0.3, -0.25) is 43.6 Å². The molecule has 36 heteroatoms. The third-order valence-electron chi connectivity index (χ3n) is 20.6. The van der Waals surface area contributed by atoms with Gasteiger partial charge in [0, 0.05) is 84.4 Å². The smallest absolute Gasteiger partial charge is 0.288 e. The van der Waals surface area contributed by atoms with E-state index in [1.807, 2.05) is 90.9 Å². The van der Waals surface area contributed by atoms with Crippen LogP contribution in [-0.4, -0.2) is 110 Å². The molecule has 129 heavy (non-hydrogen) atoms. The number of nitrogens with one attached hydrogen (secondary N) is 4. The minimum Gasteiger partial charge on any atom is -0.491 e. The molecule has 0 radical (unpaired) electrons. The summed E-state index contributed by atoms with van der Waals surface area (Å²) in [6.07, 6.45) is 8.15. The van der Waals surface area contributed by atoms with Gasteiger partial charge in [0.1, 0.15) is 51.8 Å². The van der Waals surface area contributed by atoms with E-state index in [4.69, 9.17) is 15.2 Å². The molecule has 28 nitrogen and oxygen atoms in total. The Hall–Kier alpha value is -14.0. The van der Waals surface area contributed by atoms with Gasteiger partial charge >= 0.3 is 0 Å². The number of pyridine rings is 4. The molecule has 1 aliphatic heterocycles. The molecule has 16 aromatic rings. The summed E-state index contributed by atoms with van der Waals surface area (Å²) in [5.41, 5.74) is 12.4. The lowest BCUT2D eigenvalue weighted by molar-refractivity contribution is 0.0118. The van der Waals surface area contributed by atoms with Crippen LogP contribution in [0.15, 0.2) is 281 Å². The van der Waals surface area contributed by atoms with Crippen molar-refractivity contribution in [2.24, 2.45) is 5.73 Å². The summed E-state index contributed by atoms with van der Waals surface area (Å²) < 4.78 is 188. The number of benzene rings is 8. The zero-order valence-electron chi connectivity index (χ0n) is 72.0. The monoisotopic (exact) mass is 1830 g/mol. The average molecular weight is 1830 g/mol.